The molecular formula is C25H23ClN4O3. The van der Waals surface area contributed by atoms with Crippen molar-refractivity contribution >= 4 is 45.9 Å². The number of aromatic nitrogens is 2. The summed E-state index contributed by atoms with van der Waals surface area (Å²) in [6.07, 6.45) is 9.05. The molecule has 33 heavy (non-hydrogen) atoms. The predicted octanol–water partition coefficient (Wildman–Crippen LogP) is 5.91. The third-order valence-corrected chi connectivity index (χ3v) is 6.36. The van der Waals surface area contributed by atoms with Crippen LogP contribution in [0.2, 0.25) is 5.02 Å². The number of nitrogens with zero attached hydrogens (tertiary/aromatic N) is 2. The van der Waals surface area contributed by atoms with Gasteiger partial charge >= 0.3 is 0 Å². The van der Waals surface area contributed by atoms with E-state index in [0.29, 0.717) is 33.5 Å². The minimum Gasteiger partial charge on any atom is -0.449 e. The van der Waals surface area contributed by atoms with Crippen LogP contribution >= 0.6 is 11.6 Å². The Morgan fingerprint density at radius 3 is 2.45 bits per heavy atom. The molecule has 4 aromatic rings. The number of halogens is 1. The fourth-order valence-corrected chi connectivity index (χ4v) is 4.52. The van der Waals surface area contributed by atoms with Crippen molar-refractivity contribution in [2.75, 3.05) is 10.6 Å². The Balaban J connectivity index is 1.34. The molecule has 1 saturated carbocycles. The van der Waals surface area contributed by atoms with Gasteiger partial charge in [0, 0.05) is 35.9 Å². The molecule has 0 spiro atoms. The maximum Gasteiger partial charge on any atom is 0.294 e. The van der Waals surface area contributed by atoms with Crippen molar-refractivity contribution in [1.82, 2.24) is 9.55 Å². The molecule has 0 atom stereocenters. The fourth-order valence-electron chi connectivity index (χ4n) is 4.40. The lowest BCUT2D eigenvalue weighted by Gasteiger charge is -2.28. The molecule has 1 fully saturated rings. The van der Waals surface area contributed by atoms with E-state index in [1.807, 2.05) is 30.3 Å². The van der Waals surface area contributed by atoms with Gasteiger partial charge in [-0.15, -0.1) is 0 Å². The number of pyridine rings is 1. The van der Waals surface area contributed by atoms with E-state index >= 15 is 0 Å². The standard InChI is InChI=1S/C25H23ClN4O3/c26-17-9-12-21(27-15-17)28-25(32)23-22(19-5-1-2-6-20(19)33-23)29-24(31)16-7-10-18(11-8-16)30-13-3-4-14-30/h1-6,9,12-16,18H,7-8,10-11H2,(H,29,31)(H,27,28,32). The summed E-state index contributed by atoms with van der Waals surface area (Å²) in [7, 11) is 0. The van der Waals surface area contributed by atoms with Gasteiger partial charge in [-0.3, -0.25) is 9.59 Å². The molecule has 0 unspecified atom stereocenters. The van der Waals surface area contributed by atoms with E-state index in [2.05, 4.69) is 32.6 Å². The number of carbonyl (C=O) groups excluding carboxylic acids is 2. The highest BCUT2D eigenvalue weighted by Crippen LogP contribution is 2.35. The smallest absolute Gasteiger partial charge is 0.294 e. The number of benzene rings is 1. The summed E-state index contributed by atoms with van der Waals surface area (Å²) in [6, 6.07) is 15.0. The first kappa shape index (κ1) is 21.3. The van der Waals surface area contributed by atoms with E-state index < -0.39 is 5.91 Å². The summed E-state index contributed by atoms with van der Waals surface area (Å²) in [5, 5.41) is 6.84. The second-order valence-corrected chi connectivity index (χ2v) is 8.68. The third kappa shape index (κ3) is 4.50. The largest absolute Gasteiger partial charge is 0.449 e. The van der Waals surface area contributed by atoms with Crippen molar-refractivity contribution in [2.45, 2.75) is 31.7 Å². The van der Waals surface area contributed by atoms with Crippen LogP contribution in [-0.4, -0.2) is 21.4 Å². The Hall–Kier alpha value is -3.58. The van der Waals surface area contributed by atoms with Gasteiger partial charge in [0.25, 0.3) is 5.91 Å². The lowest BCUT2D eigenvalue weighted by Crippen LogP contribution is -2.28. The average Bonchev–Trinajstić information content (AvgIpc) is 3.50. The van der Waals surface area contributed by atoms with Crippen LogP contribution in [0.1, 0.15) is 42.3 Å². The van der Waals surface area contributed by atoms with E-state index in [0.717, 1.165) is 25.7 Å². The molecule has 0 aliphatic heterocycles. The molecule has 0 bridgehead atoms. The van der Waals surface area contributed by atoms with E-state index in [1.54, 1.807) is 18.2 Å². The molecule has 0 radical (unpaired) electrons. The molecule has 3 aromatic heterocycles. The number of anilines is 2. The van der Waals surface area contributed by atoms with Gasteiger partial charge in [0.15, 0.2) is 0 Å². The first-order valence-electron chi connectivity index (χ1n) is 11.0. The Bertz CT molecular complexity index is 1270. The van der Waals surface area contributed by atoms with Crippen LogP contribution in [0.4, 0.5) is 11.5 Å². The molecule has 1 aliphatic carbocycles. The highest BCUT2D eigenvalue weighted by atomic mass is 35.5. The fraction of sp³-hybridized carbons (Fsp3) is 0.240. The zero-order valence-electron chi connectivity index (χ0n) is 17.8. The summed E-state index contributed by atoms with van der Waals surface area (Å²) >= 11 is 5.87. The van der Waals surface area contributed by atoms with E-state index in [4.69, 9.17) is 16.0 Å². The number of rotatable bonds is 5. The Morgan fingerprint density at radius 2 is 1.73 bits per heavy atom. The molecule has 8 heteroatoms. The first-order chi connectivity index (χ1) is 16.1. The number of nitrogens with one attached hydrogen (secondary N) is 2. The topological polar surface area (TPSA) is 89.2 Å². The zero-order chi connectivity index (χ0) is 22.8. The normalized spacial score (nSPS) is 18.2. The summed E-state index contributed by atoms with van der Waals surface area (Å²) in [6.45, 7) is 0. The van der Waals surface area contributed by atoms with Gasteiger partial charge < -0.3 is 19.6 Å². The number of furan rings is 1. The second kappa shape index (κ2) is 9.11. The summed E-state index contributed by atoms with van der Waals surface area (Å²) < 4.78 is 8.04. The maximum absolute atomic E-state index is 13.2. The number of amides is 2. The van der Waals surface area contributed by atoms with E-state index in [-0.39, 0.29) is 17.6 Å². The van der Waals surface area contributed by atoms with Crippen LogP contribution in [0, 0.1) is 5.92 Å². The van der Waals surface area contributed by atoms with Crippen molar-refractivity contribution < 1.29 is 14.0 Å². The van der Waals surface area contributed by atoms with Gasteiger partial charge in [0.05, 0.1) is 5.02 Å². The van der Waals surface area contributed by atoms with Gasteiger partial charge in [0.2, 0.25) is 11.7 Å². The monoisotopic (exact) mass is 462 g/mol. The van der Waals surface area contributed by atoms with Crippen molar-refractivity contribution in [1.29, 1.82) is 0 Å². The van der Waals surface area contributed by atoms with Gasteiger partial charge in [-0.05, 0) is 62.1 Å². The van der Waals surface area contributed by atoms with Gasteiger partial charge in [-0.2, -0.15) is 0 Å². The van der Waals surface area contributed by atoms with E-state index in [1.165, 1.54) is 6.20 Å². The molecule has 0 saturated heterocycles. The Morgan fingerprint density at radius 1 is 0.970 bits per heavy atom. The van der Waals surface area contributed by atoms with Gasteiger partial charge in [-0.1, -0.05) is 23.7 Å². The molecular weight excluding hydrogens is 440 g/mol. The number of carbonyl (C=O) groups is 2. The number of fused-ring (bicyclic) bond motifs is 1. The van der Waals surface area contributed by atoms with Crippen molar-refractivity contribution in [3.05, 3.63) is 77.9 Å². The SMILES string of the molecule is O=C(Nc1ccc(Cl)cn1)c1oc2ccccc2c1NC(=O)C1CCC(n2cccc2)CC1. The predicted molar refractivity (Wildman–Crippen MR) is 127 cm³/mol. The van der Waals surface area contributed by atoms with Crippen LogP contribution < -0.4 is 10.6 Å². The van der Waals surface area contributed by atoms with Crippen LogP contribution in [0.15, 0.2) is 71.5 Å². The van der Waals surface area contributed by atoms with E-state index in [9.17, 15) is 9.59 Å². The number of hydrogen-bond donors (Lipinski definition) is 2. The van der Waals surface area contributed by atoms with Crippen molar-refractivity contribution in [2.24, 2.45) is 5.92 Å². The Labute approximate surface area is 195 Å². The van der Waals surface area contributed by atoms with Crippen LogP contribution in [-0.2, 0) is 4.79 Å². The molecule has 2 N–H and O–H groups in total. The summed E-state index contributed by atoms with van der Waals surface area (Å²) in [4.78, 5) is 30.2. The molecule has 7 nitrogen and oxygen atoms in total. The van der Waals surface area contributed by atoms with Gasteiger partial charge in [0.1, 0.15) is 17.1 Å². The minimum absolute atomic E-state index is 0.0438. The maximum atomic E-state index is 13.2. The van der Waals surface area contributed by atoms with Crippen LogP contribution in [0.5, 0.6) is 0 Å². The highest BCUT2D eigenvalue weighted by Gasteiger charge is 2.29. The summed E-state index contributed by atoms with van der Waals surface area (Å²) in [5.74, 6) is -0.314. The van der Waals surface area contributed by atoms with Crippen molar-refractivity contribution in [3.63, 3.8) is 0 Å². The summed E-state index contributed by atoms with van der Waals surface area (Å²) in [5.41, 5.74) is 0.910. The van der Waals surface area contributed by atoms with Crippen LogP contribution in [0.25, 0.3) is 11.0 Å². The second-order valence-electron chi connectivity index (χ2n) is 8.24. The molecule has 168 valence electrons. The molecule has 3 heterocycles. The zero-order valence-corrected chi connectivity index (χ0v) is 18.6. The third-order valence-electron chi connectivity index (χ3n) is 6.14. The molecule has 1 aromatic carbocycles. The van der Waals surface area contributed by atoms with Gasteiger partial charge in [-0.25, -0.2) is 4.98 Å². The lowest BCUT2D eigenvalue weighted by atomic mass is 9.85. The number of hydrogen-bond acceptors (Lipinski definition) is 4. The minimum atomic E-state index is -0.493. The lowest BCUT2D eigenvalue weighted by molar-refractivity contribution is -0.121. The molecule has 5 rings (SSSR count). The molecule has 1 aliphatic rings. The highest BCUT2D eigenvalue weighted by molar-refractivity contribution is 6.30. The first-order valence-corrected chi connectivity index (χ1v) is 11.3. The molecule has 2 amide bonds. The average molecular weight is 463 g/mol. The Kier molecular flexibility index (Phi) is 5.88. The number of para-hydroxylation sites is 1. The van der Waals surface area contributed by atoms with Crippen molar-refractivity contribution in [3.8, 4) is 0 Å². The quantitative estimate of drug-likeness (QED) is 0.386. The van der Waals surface area contributed by atoms with Crippen LogP contribution in [0.3, 0.4) is 0 Å².